The predicted molar refractivity (Wildman–Crippen MR) is 105 cm³/mol. The Hall–Kier alpha value is -2.12. The standard InChI is InChI=1S/C20H30N4O3/c1-20(2,18(25)26)15-4-3-5-16(14-15)22-19(27)24-12-10-23(11-13-24)17-6-8-21-9-7-17/h3-5,14,17,21H,6-13H2,1-2H3,(H,22,27)(H,25,26). The summed E-state index contributed by atoms with van der Waals surface area (Å²) in [5.41, 5.74) is 0.303. The highest BCUT2D eigenvalue weighted by Crippen LogP contribution is 2.26. The summed E-state index contributed by atoms with van der Waals surface area (Å²) in [7, 11) is 0. The number of carboxylic acids is 1. The van der Waals surface area contributed by atoms with Crippen LogP contribution in [0.4, 0.5) is 10.5 Å². The molecule has 0 saturated carbocycles. The zero-order valence-electron chi connectivity index (χ0n) is 16.2. The van der Waals surface area contributed by atoms with E-state index in [9.17, 15) is 14.7 Å². The Labute approximate surface area is 160 Å². The van der Waals surface area contributed by atoms with E-state index in [-0.39, 0.29) is 6.03 Å². The third-order valence-electron chi connectivity index (χ3n) is 5.80. The molecule has 0 unspecified atom stereocenters. The minimum atomic E-state index is -0.999. The molecule has 7 nitrogen and oxygen atoms in total. The molecule has 0 bridgehead atoms. The summed E-state index contributed by atoms with van der Waals surface area (Å²) in [5.74, 6) is -0.889. The first-order valence-electron chi connectivity index (χ1n) is 9.72. The number of carbonyl (C=O) groups excluding carboxylic acids is 1. The van der Waals surface area contributed by atoms with Gasteiger partial charge in [-0.1, -0.05) is 12.1 Å². The molecule has 3 rings (SSSR count). The molecule has 148 valence electrons. The molecule has 0 spiro atoms. The van der Waals surface area contributed by atoms with Crippen LogP contribution in [0.25, 0.3) is 0 Å². The van der Waals surface area contributed by atoms with Gasteiger partial charge in [0.15, 0.2) is 0 Å². The second-order valence-corrected chi connectivity index (χ2v) is 7.95. The first-order valence-corrected chi connectivity index (χ1v) is 9.72. The molecule has 0 atom stereocenters. The van der Waals surface area contributed by atoms with Gasteiger partial charge in [-0.25, -0.2) is 4.79 Å². The van der Waals surface area contributed by atoms with Gasteiger partial charge < -0.3 is 20.6 Å². The van der Waals surface area contributed by atoms with Crippen molar-refractivity contribution in [2.45, 2.75) is 38.1 Å². The number of piperidine rings is 1. The van der Waals surface area contributed by atoms with Gasteiger partial charge in [0.25, 0.3) is 0 Å². The van der Waals surface area contributed by atoms with Crippen molar-refractivity contribution in [2.24, 2.45) is 0 Å². The van der Waals surface area contributed by atoms with E-state index in [0.717, 1.165) is 39.3 Å². The Morgan fingerprint density at radius 2 is 1.81 bits per heavy atom. The first-order chi connectivity index (χ1) is 12.9. The lowest BCUT2D eigenvalue weighted by Crippen LogP contribution is -2.54. The van der Waals surface area contributed by atoms with Gasteiger partial charge in [-0.2, -0.15) is 0 Å². The molecule has 2 heterocycles. The Balaban J connectivity index is 1.56. The predicted octanol–water partition coefficient (Wildman–Crippen LogP) is 1.95. The molecule has 7 heteroatoms. The number of nitrogens with zero attached hydrogens (tertiary/aromatic N) is 2. The number of carboxylic acid groups (broad SMARTS) is 1. The molecule has 2 aliphatic rings. The number of carbonyl (C=O) groups is 2. The van der Waals surface area contributed by atoms with E-state index in [2.05, 4.69) is 15.5 Å². The van der Waals surface area contributed by atoms with E-state index < -0.39 is 11.4 Å². The number of hydrogen-bond donors (Lipinski definition) is 3. The second kappa shape index (κ2) is 8.27. The number of anilines is 1. The molecule has 2 saturated heterocycles. The molecule has 0 aromatic heterocycles. The quantitative estimate of drug-likeness (QED) is 0.750. The summed E-state index contributed by atoms with van der Waals surface area (Å²) < 4.78 is 0. The van der Waals surface area contributed by atoms with E-state index in [1.807, 2.05) is 4.90 Å². The number of rotatable bonds is 4. The van der Waals surface area contributed by atoms with Gasteiger partial charge in [-0.3, -0.25) is 9.69 Å². The highest BCUT2D eigenvalue weighted by atomic mass is 16.4. The minimum absolute atomic E-state index is 0.120. The summed E-state index contributed by atoms with van der Waals surface area (Å²) in [6.45, 7) is 8.73. The summed E-state index contributed by atoms with van der Waals surface area (Å²) in [4.78, 5) is 28.4. The Morgan fingerprint density at radius 1 is 1.15 bits per heavy atom. The number of benzene rings is 1. The Bertz CT molecular complexity index is 678. The molecule has 3 N–H and O–H groups in total. The fourth-order valence-electron chi connectivity index (χ4n) is 3.77. The van der Waals surface area contributed by atoms with E-state index in [4.69, 9.17) is 0 Å². The molecule has 1 aromatic carbocycles. The topological polar surface area (TPSA) is 84.9 Å². The number of nitrogens with one attached hydrogen (secondary N) is 2. The van der Waals surface area contributed by atoms with Crippen LogP contribution in [0.2, 0.25) is 0 Å². The van der Waals surface area contributed by atoms with Crippen LogP contribution >= 0.6 is 0 Å². The largest absolute Gasteiger partial charge is 0.481 e. The molecule has 0 aliphatic carbocycles. The highest BCUT2D eigenvalue weighted by Gasteiger charge is 2.30. The fraction of sp³-hybridized carbons (Fsp3) is 0.600. The van der Waals surface area contributed by atoms with Crippen molar-refractivity contribution >= 4 is 17.7 Å². The lowest BCUT2D eigenvalue weighted by atomic mass is 9.84. The molecule has 1 aromatic rings. The maximum Gasteiger partial charge on any atom is 0.321 e. The van der Waals surface area contributed by atoms with Gasteiger partial charge in [0.1, 0.15) is 0 Å². The van der Waals surface area contributed by atoms with E-state index >= 15 is 0 Å². The summed E-state index contributed by atoms with van der Waals surface area (Å²) in [5, 5.41) is 15.7. The summed E-state index contributed by atoms with van der Waals surface area (Å²) >= 11 is 0. The molecule has 27 heavy (non-hydrogen) atoms. The van der Waals surface area contributed by atoms with Crippen LogP contribution in [0, 0.1) is 0 Å². The lowest BCUT2D eigenvalue weighted by molar-refractivity contribution is -0.142. The molecular weight excluding hydrogens is 344 g/mol. The Morgan fingerprint density at radius 3 is 2.44 bits per heavy atom. The minimum Gasteiger partial charge on any atom is -0.481 e. The number of aliphatic carboxylic acids is 1. The second-order valence-electron chi connectivity index (χ2n) is 7.95. The van der Waals surface area contributed by atoms with Crippen molar-refractivity contribution < 1.29 is 14.7 Å². The fourth-order valence-corrected chi connectivity index (χ4v) is 3.77. The zero-order chi connectivity index (χ0) is 19.4. The molecule has 0 radical (unpaired) electrons. The molecular formula is C20H30N4O3. The van der Waals surface area contributed by atoms with Gasteiger partial charge in [-0.05, 0) is 57.5 Å². The third kappa shape index (κ3) is 4.59. The van der Waals surface area contributed by atoms with Gasteiger partial charge in [-0.15, -0.1) is 0 Å². The van der Waals surface area contributed by atoms with Crippen LogP contribution in [0.5, 0.6) is 0 Å². The molecule has 2 amide bonds. The van der Waals surface area contributed by atoms with Crippen LogP contribution < -0.4 is 10.6 Å². The highest BCUT2D eigenvalue weighted by molar-refractivity contribution is 5.90. The van der Waals surface area contributed by atoms with Gasteiger partial charge in [0.2, 0.25) is 0 Å². The first kappa shape index (κ1) is 19.6. The smallest absolute Gasteiger partial charge is 0.321 e. The summed E-state index contributed by atoms with van der Waals surface area (Å²) in [6, 6.07) is 7.62. The van der Waals surface area contributed by atoms with Crippen LogP contribution in [-0.4, -0.2) is 72.2 Å². The average molecular weight is 374 g/mol. The average Bonchev–Trinajstić information content (AvgIpc) is 2.69. The van der Waals surface area contributed by atoms with Crippen molar-refractivity contribution in [3.63, 3.8) is 0 Å². The number of piperazine rings is 1. The van der Waals surface area contributed by atoms with E-state index in [1.54, 1.807) is 38.1 Å². The normalized spacial score (nSPS) is 19.7. The SMILES string of the molecule is CC(C)(C(=O)O)c1cccc(NC(=O)N2CCN(C3CCNCC3)CC2)c1. The van der Waals surface area contributed by atoms with Crippen LogP contribution in [0.15, 0.2) is 24.3 Å². The van der Waals surface area contributed by atoms with Gasteiger partial charge >= 0.3 is 12.0 Å². The van der Waals surface area contributed by atoms with E-state index in [0.29, 0.717) is 17.3 Å². The van der Waals surface area contributed by atoms with Crippen LogP contribution in [0.3, 0.4) is 0 Å². The maximum atomic E-state index is 12.6. The van der Waals surface area contributed by atoms with Crippen molar-refractivity contribution in [2.75, 3.05) is 44.6 Å². The monoisotopic (exact) mass is 374 g/mol. The zero-order valence-corrected chi connectivity index (χ0v) is 16.2. The van der Waals surface area contributed by atoms with Crippen molar-refractivity contribution in [3.8, 4) is 0 Å². The van der Waals surface area contributed by atoms with Crippen molar-refractivity contribution in [1.29, 1.82) is 0 Å². The van der Waals surface area contributed by atoms with Crippen molar-refractivity contribution in [1.82, 2.24) is 15.1 Å². The summed E-state index contributed by atoms with van der Waals surface area (Å²) in [6.07, 6.45) is 2.36. The van der Waals surface area contributed by atoms with E-state index in [1.165, 1.54) is 12.8 Å². The van der Waals surface area contributed by atoms with Gasteiger partial charge in [0.05, 0.1) is 5.41 Å². The number of urea groups is 1. The van der Waals surface area contributed by atoms with Crippen molar-refractivity contribution in [3.05, 3.63) is 29.8 Å². The Kier molecular flexibility index (Phi) is 6.01. The lowest BCUT2D eigenvalue weighted by Gasteiger charge is -2.40. The molecule has 2 fully saturated rings. The molecule has 2 aliphatic heterocycles. The number of hydrogen-bond acceptors (Lipinski definition) is 4. The number of amides is 2. The van der Waals surface area contributed by atoms with Crippen LogP contribution in [0.1, 0.15) is 32.3 Å². The maximum absolute atomic E-state index is 12.6. The van der Waals surface area contributed by atoms with Gasteiger partial charge in [0, 0.05) is 37.9 Å². The third-order valence-corrected chi connectivity index (χ3v) is 5.80. The van der Waals surface area contributed by atoms with Crippen LogP contribution in [-0.2, 0) is 10.2 Å².